The van der Waals surface area contributed by atoms with Crippen molar-refractivity contribution in [3.05, 3.63) is 18.0 Å². The van der Waals surface area contributed by atoms with Crippen LogP contribution in [0.2, 0.25) is 0 Å². The molecule has 0 unspecified atom stereocenters. The van der Waals surface area contributed by atoms with E-state index in [9.17, 15) is 22.8 Å². The average molecular weight is 334 g/mol. The molecule has 2 amide bonds. The maximum atomic E-state index is 12.4. The number of rotatable bonds is 5. The number of hydrogen-bond donors (Lipinski definition) is 2. The number of aromatic nitrogens is 2. The van der Waals surface area contributed by atoms with Crippen LogP contribution in [0.25, 0.3) is 0 Å². The SMILES string of the molecule is NC(=O)C1(CNC(=O)Cn2ccc(C(F)(F)F)n2)CCOCC1. The van der Waals surface area contributed by atoms with Crippen LogP contribution in [0.4, 0.5) is 13.2 Å². The molecule has 1 fully saturated rings. The van der Waals surface area contributed by atoms with Gasteiger partial charge >= 0.3 is 6.18 Å². The van der Waals surface area contributed by atoms with E-state index < -0.39 is 29.1 Å². The molecule has 1 aromatic heterocycles. The van der Waals surface area contributed by atoms with Gasteiger partial charge in [0.15, 0.2) is 5.69 Å². The standard InChI is InChI=1S/C13H17F3N4O3/c14-13(15,16)9-1-4-20(19-9)7-10(21)18-8-12(11(17)22)2-5-23-6-3-12/h1,4H,2-3,5-8H2,(H2,17,22)(H,18,21). The summed E-state index contributed by atoms with van der Waals surface area (Å²) >= 11 is 0. The highest BCUT2D eigenvalue weighted by molar-refractivity contribution is 5.82. The number of halogens is 3. The van der Waals surface area contributed by atoms with Gasteiger partial charge in [0.1, 0.15) is 6.54 Å². The van der Waals surface area contributed by atoms with Gasteiger partial charge in [0.05, 0.1) is 5.41 Å². The lowest BCUT2D eigenvalue weighted by atomic mass is 9.79. The molecule has 0 radical (unpaired) electrons. The fourth-order valence-corrected chi connectivity index (χ4v) is 2.34. The van der Waals surface area contributed by atoms with Crippen molar-refractivity contribution in [3.8, 4) is 0 Å². The summed E-state index contributed by atoms with van der Waals surface area (Å²) in [6, 6.07) is 0.788. The Morgan fingerprint density at radius 3 is 2.57 bits per heavy atom. The monoisotopic (exact) mass is 334 g/mol. The first-order valence-electron chi connectivity index (χ1n) is 6.98. The Bertz CT molecular complexity index is 579. The highest BCUT2D eigenvalue weighted by atomic mass is 19.4. The van der Waals surface area contributed by atoms with Crippen LogP contribution in [0, 0.1) is 5.41 Å². The van der Waals surface area contributed by atoms with Crippen LogP contribution in [0.15, 0.2) is 12.3 Å². The van der Waals surface area contributed by atoms with E-state index in [0.29, 0.717) is 26.1 Å². The van der Waals surface area contributed by atoms with Gasteiger partial charge in [0.25, 0.3) is 0 Å². The van der Waals surface area contributed by atoms with Crippen molar-refractivity contribution in [2.75, 3.05) is 19.8 Å². The van der Waals surface area contributed by atoms with Gasteiger partial charge in [-0.05, 0) is 18.9 Å². The van der Waals surface area contributed by atoms with Gasteiger partial charge in [0, 0.05) is 26.0 Å². The number of amides is 2. The van der Waals surface area contributed by atoms with Gasteiger partial charge in [-0.1, -0.05) is 0 Å². The molecule has 23 heavy (non-hydrogen) atoms. The summed E-state index contributed by atoms with van der Waals surface area (Å²) in [5.74, 6) is -1.08. The van der Waals surface area contributed by atoms with E-state index in [0.717, 1.165) is 16.9 Å². The number of nitrogens with two attached hydrogens (primary N) is 1. The molecule has 1 aromatic rings. The van der Waals surface area contributed by atoms with Crippen molar-refractivity contribution in [1.82, 2.24) is 15.1 Å². The zero-order valence-corrected chi connectivity index (χ0v) is 12.2. The van der Waals surface area contributed by atoms with Gasteiger partial charge < -0.3 is 15.8 Å². The molecule has 7 nitrogen and oxygen atoms in total. The molecule has 10 heteroatoms. The summed E-state index contributed by atoms with van der Waals surface area (Å²) in [5.41, 5.74) is 3.46. The van der Waals surface area contributed by atoms with E-state index in [2.05, 4.69) is 10.4 Å². The summed E-state index contributed by atoms with van der Waals surface area (Å²) in [5, 5.41) is 5.82. The molecule has 1 aliphatic rings. The van der Waals surface area contributed by atoms with Gasteiger partial charge in [-0.2, -0.15) is 18.3 Å². The molecule has 1 saturated heterocycles. The lowest BCUT2D eigenvalue weighted by molar-refractivity contribution is -0.142. The van der Waals surface area contributed by atoms with Crippen molar-refractivity contribution < 1.29 is 27.5 Å². The molecule has 0 saturated carbocycles. The number of primary amides is 1. The van der Waals surface area contributed by atoms with E-state index >= 15 is 0 Å². The first-order valence-corrected chi connectivity index (χ1v) is 6.98. The number of carbonyl (C=O) groups is 2. The fourth-order valence-electron chi connectivity index (χ4n) is 2.34. The molecule has 128 valence electrons. The Balaban J connectivity index is 1.91. The molecule has 1 aliphatic heterocycles. The van der Waals surface area contributed by atoms with E-state index in [1.807, 2.05) is 0 Å². The largest absolute Gasteiger partial charge is 0.435 e. The zero-order valence-electron chi connectivity index (χ0n) is 12.2. The topological polar surface area (TPSA) is 99.2 Å². The van der Waals surface area contributed by atoms with E-state index in [1.54, 1.807) is 0 Å². The first kappa shape index (κ1) is 17.3. The molecule has 0 atom stereocenters. The molecule has 0 spiro atoms. The molecule has 3 N–H and O–H groups in total. The van der Waals surface area contributed by atoms with Crippen LogP contribution >= 0.6 is 0 Å². The van der Waals surface area contributed by atoms with Crippen molar-refractivity contribution in [2.45, 2.75) is 25.6 Å². The zero-order chi connectivity index (χ0) is 17.1. The third-order valence-electron chi connectivity index (χ3n) is 3.83. The van der Waals surface area contributed by atoms with Crippen LogP contribution < -0.4 is 11.1 Å². The minimum atomic E-state index is -4.56. The first-order chi connectivity index (χ1) is 10.7. The highest BCUT2D eigenvalue weighted by Gasteiger charge is 2.38. The highest BCUT2D eigenvalue weighted by Crippen LogP contribution is 2.29. The summed E-state index contributed by atoms with van der Waals surface area (Å²) in [6.45, 7) is 0.388. The summed E-state index contributed by atoms with van der Waals surface area (Å²) in [6.07, 6.45) is -2.70. The summed E-state index contributed by atoms with van der Waals surface area (Å²) in [4.78, 5) is 23.5. The molecule has 0 bridgehead atoms. The lowest BCUT2D eigenvalue weighted by Gasteiger charge is -2.34. The second-order valence-electron chi connectivity index (χ2n) is 5.43. The smallest absolute Gasteiger partial charge is 0.381 e. The predicted molar refractivity (Wildman–Crippen MR) is 71.9 cm³/mol. The van der Waals surface area contributed by atoms with E-state index in [1.165, 1.54) is 0 Å². The minimum Gasteiger partial charge on any atom is -0.381 e. The summed E-state index contributed by atoms with van der Waals surface area (Å²) < 4.78 is 43.3. The quantitative estimate of drug-likeness (QED) is 0.809. The van der Waals surface area contributed by atoms with Gasteiger partial charge in [0.2, 0.25) is 11.8 Å². The Morgan fingerprint density at radius 2 is 2.04 bits per heavy atom. The molecular formula is C13H17F3N4O3. The number of nitrogens with one attached hydrogen (secondary N) is 1. The Kier molecular flexibility index (Phi) is 4.93. The fraction of sp³-hybridized carbons (Fsp3) is 0.615. The van der Waals surface area contributed by atoms with Gasteiger partial charge in [-0.25, -0.2) is 0 Å². The maximum Gasteiger partial charge on any atom is 0.435 e. The van der Waals surface area contributed by atoms with Gasteiger partial charge in [-0.3, -0.25) is 14.3 Å². The van der Waals surface area contributed by atoms with Crippen molar-refractivity contribution in [2.24, 2.45) is 11.1 Å². The molecule has 0 aliphatic carbocycles. The maximum absolute atomic E-state index is 12.4. The molecule has 2 heterocycles. The summed E-state index contributed by atoms with van der Waals surface area (Å²) in [7, 11) is 0. The minimum absolute atomic E-state index is 0.0257. The number of ether oxygens (including phenoxy) is 1. The Hall–Kier alpha value is -2.10. The molecular weight excluding hydrogens is 317 g/mol. The van der Waals surface area contributed by atoms with Crippen LogP contribution in [0.5, 0.6) is 0 Å². The number of carbonyl (C=O) groups excluding carboxylic acids is 2. The van der Waals surface area contributed by atoms with E-state index in [4.69, 9.17) is 10.5 Å². The second kappa shape index (κ2) is 6.57. The third-order valence-corrected chi connectivity index (χ3v) is 3.83. The van der Waals surface area contributed by atoms with Crippen LogP contribution in [0.1, 0.15) is 18.5 Å². The van der Waals surface area contributed by atoms with Crippen LogP contribution in [-0.2, 0) is 27.0 Å². The predicted octanol–water partition coefficient (Wildman–Crippen LogP) is 0.300. The van der Waals surface area contributed by atoms with Crippen molar-refractivity contribution >= 4 is 11.8 Å². The number of hydrogen-bond acceptors (Lipinski definition) is 4. The Labute approximate surface area is 130 Å². The Morgan fingerprint density at radius 1 is 1.39 bits per heavy atom. The third kappa shape index (κ3) is 4.21. The van der Waals surface area contributed by atoms with Gasteiger partial charge in [-0.15, -0.1) is 0 Å². The van der Waals surface area contributed by atoms with Crippen LogP contribution in [0.3, 0.4) is 0 Å². The number of nitrogens with zero attached hydrogens (tertiary/aromatic N) is 2. The van der Waals surface area contributed by atoms with Crippen molar-refractivity contribution in [1.29, 1.82) is 0 Å². The second-order valence-corrected chi connectivity index (χ2v) is 5.43. The van der Waals surface area contributed by atoms with E-state index in [-0.39, 0.29) is 13.1 Å². The number of alkyl halides is 3. The molecule has 2 rings (SSSR count). The average Bonchev–Trinajstić information content (AvgIpc) is 2.94. The molecule has 0 aromatic carbocycles. The van der Waals surface area contributed by atoms with Crippen molar-refractivity contribution in [3.63, 3.8) is 0 Å². The normalized spacial score (nSPS) is 17.7. The lowest BCUT2D eigenvalue weighted by Crippen LogP contribution is -2.50. The van der Waals surface area contributed by atoms with Crippen LogP contribution in [-0.4, -0.2) is 41.4 Å².